The van der Waals surface area contributed by atoms with Gasteiger partial charge in [-0.3, -0.25) is 4.79 Å². The Labute approximate surface area is 179 Å². The molecule has 1 amide bonds. The number of nitrogens with zero attached hydrogens (tertiary/aromatic N) is 1. The second-order valence-electron chi connectivity index (χ2n) is 7.97. The van der Waals surface area contributed by atoms with Gasteiger partial charge in [-0.2, -0.15) is 0 Å². The number of sulfonamides is 1. The van der Waals surface area contributed by atoms with Crippen LogP contribution >= 0.6 is 0 Å². The maximum atomic E-state index is 15.8. The lowest BCUT2D eigenvalue weighted by Gasteiger charge is -2.44. The number of halogens is 3. The van der Waals surface area contributed by atoms with Gasteiger partial charge in [0.15, 0.2) is 0 Å². The van der Waals surface area contributed by atoms with Crippen LogP contribution in [0.3, 0.4) is 0 Å². The third-order valence-electron chi connectivity index (χ3n) is 6.09. The summed E-state index contributed by atoms with van der Waals surface area (Å²) in [5.41, 5.74) is -1.14. The molecule has 1 saturated heterocycles. The molecule has 0 spiro atoms. The minimum absolute atomic E-state index is 0.0852. The van der Waals surface area contributed by atoms with Gasteiger partial charge in [0.1, 0.15) is 17.7 Å². The van der Waals surface area contributed by atoms with E-state index in [9.17, 15) is 22.0 Å². The highest BCUT2D eigenvalue weighted by Crippen LogP contribution is 2.59. The van der Waals surface area contributed by atoms with Crippen LogP contribution in [-0.4, -0.2) is 50.3 Å². The normalized spacial score (nSPS) is 27.6. The highest BCUT2D eigenvalue weighted by Gasteiger charge is 2.64. The van der Waals surface area contributed by atoms with Crippen molar-refractivity contribution in [2.45, 2.75) is 31.2 Å². The predicted octanol–water partition coefficient (Wildman–Crippen LogP) is 3.17. The molecule has 2 fully saturated rings. The van der Waals surface area contributed by atoms with E-state index in [1.165, 1.54) is 24.0 Å². The van der Waals surface area contributed by atoms with E-state index < -0.39 is 45.5 Å². The number of carbonyl (C=O) groups is 1. The fourth-order valence-electron chi connectivity index (χ4n) is 4.09. The fraction of sp³-hybridized carbons (Fsp3) is 0.409. The molecule has 4 rings (SSSR count). The lowest BCUT2D eigenvalue weighted by Crippen LogP contribution is -2.64. The van der Waals surface area contributed by atoms with Crippen LogP contribution < -0.4 is 4.72 Å². The number of carbonyl (C=O) groups excluding carboxylic acids is 1. The first-order valence-electron chi connectivity index (χ1n) is 10.1. The topological polar surface area (TPSA) is 66.5 Å². The van der Waals surface area contributed by atoms with Crippen molar-refractivity contribution in [3.05, 3.63) is 59.9 Å². The molecule has 1 aliphatic carbocycles. The highest BCUT2D eigenvalue weighted by molar-refractivity contribution is 7.89. The Kier molecular flexibility index (Phi) is 5.59. The summed E-state index contributed by atoms with van der Waals surface area (Å²) in [7, 11) is -3.54. The van der Waals surface area contributed by atoms with E-state index in [1.54, 1.807) is 36.4 Å². The van der Waals surface area contributed by atoms with E-state index in [0.29, 0.717) is 5.56 Å². The van der Waals surface area contributed by atoms with Crippen LogP contribution in [-0.2, 0) is 20.5 Å². The first kappa shape index (κ1) is 21.8. The number of benzene rings is 2. The first-order chi connectivity index (χ1) is 14.7. The number of amides is 1. The molecule has 2 aromatic rings. The molecule has 1 saturated carbocycles. The zero-order valence-electron chi connectivity index (χ0n) is 16.9. The van der Waals surface area contributed by atoms with Crippen molar-refractivity contribution in [2.24, 2.45) is 5.92 Å². The van der Waals surface area contributed by atoms with Crippen LogP contribution in [0.4, 0.5) is 13.2 Å². The molecule has 1 heterocycles. The molecule has 0 aromatic heterocycles. The fourth-order valence-corrected chi connectivity index (χ4v) is 4.72. The Balaban J connectivity index is 1.53. The predicted molar refractivity (Wildman–Crippen MR) is 111 cm³/mol. The van der Waals surface area contributed by atoms with Crippen molar-refractivity contribution < 1.29 is 26.4 Å². The lowest BCUT2D eigenvalue weighted by atomic mass is 9.93. The van der Waals surface area contributed by atoms with Gasteiger partial charge in [-0.25, -0.2) is 26.3 Å². The first-order valence-corrected chi connectivity index (χ1v) is 11.8. The molecular formula is C22H23F3N2O3S. The van der Waals surface area contributed by atoms with Crippen molar-refractivity contribution >= 4 is 15.9 Å². The van der Waals surface area contributed by atoms with Crippen LogP contribution in [0.5, 0.6) is 0 Å². The summed E-state index contributed by atoms with van der Waals surface area (Å²) in [6.45, 7) is 1.01. The summed E-state index contributed by atoms with van der Waals surface area (Å²) in [4.78, 5) is 14.1. The molecule has 1 N–H and O–H groups in total. The van der Waals surface area contributed by atoms with E-state index >= 15 is 4.39 Å². The molecule has 2 aromatic carbocycles. The van der Waals surface area contributed by atoms with E-state index in [2.05, 4.69) is 4.72 Å². The smallest absolute Gasteiger partial charge is 0.229 e. The molecule has 4 atom stereocenters. The monoisotopic (exact) mass is 452 g/mol. The molecule has 0 unspecified atom stereocenters. The second kappa shape index (κ2) is 7.94. The maximum absolute atomic E-state index is 15.8. The summed E-state index contributed by atoms with van der Waals surface area (Å²) in [5.74, 6) is -2.22. The average molecular weight is 452 g/mol. The van der Waals surface area contributed by atoms with Crippen molar-refractivity contribution in [3.63, 3.8) is 0 Å². The minimum Gasteiger partial charge on any atom is -0.332 e. The van der Waals surface area contributed by atoms with E-state index in [1.807, 2.05) is 0 Å². The largest absolute Gasteiger partial charge is 0.332 e. The Morgan fingerprint density at radius 1 is 1.16 bits per heavy atom. The standard InChI is InChI=1S/C22H23F3N2O3S/c1-2-31(29,30)26-12-20-19(24)13-27(20)21(28)17-11-22(17,25)16-9-5-3-7-14(16)15-8-4-6-10-18(15)23/h3-10,17,19-20,26H,2,11-13H2,1H3/t17-,19+,20+,22+/m0/s1. The zero-order chi connectivity index (χ0) is 22.4. The molecular weight excluding hydrogens is 429 g/mol. The number of hydrogen-bond donors (Lipinski definition) is 1. The SMILES string of the molecule is CCS(=O)(=O)NC[C@@H]1[C@H](F)CN1C(=O)[C@@H]1C[C@@]1(F)c1ccccc1-c1ccccc1F. The number of hydrogen-bond acceptors (Lipinski definition) is 3. The lowest BCUT2D eigenvalue weighted by molar-refractivity contribution is -0.147. The third-order valence-corrected chi connectivity index (χ3v) is 7.46. The Bertz CT molecular complexity index is 1110. The molecule has 2 aliphatic rings. The van der Waals surface area contributed by atoms with Gasteiger partial charge in [0.2, 0.25) is 15.9 Å². The molecule has 5 nitrogen and oxygen atoms in total. The highest BCUT2D eigenvalue weighted by atomic mass is 32.2. The summed E-state index contributed by atoms with van der Waals surface area (Å²) in [5, 5.41) is 0. The zero-order valence-corrected chi connectivity index (χ0v) is 17.7. The van der Waals surface area contributed by atoms with Crippen LogP contribution in [0.15, 0.2) is 48.5 Å². The van der Waals surface area contributed by atoms with Crippen molar-refractivity contribution in [1.82, 2.24) is 9.62 Å². The minimum atomic E-state index is -3.54. The molecule has 0 bridgehead atoms. The van der Waals surface area contributed by atoms with Crippen molar-refractivity contribution in [1.29, 1.82) is 0 Å². The summed E-state index contributed by atoms with van der Waals surface area (Å²) >= 11 is 0. The van der Waals surface area contributed by atoms with Gasteiger partial charge in [0, 0.05) is 18.5 Å². The number of rotatable bonds is 7. The summed E-state index contributed by atoms with van der Waals surface area (Å²) in [6, 6.07) is 11.5. The van der Waals surface area contributed by atoms with Crippen LogP contribution in [0.1, 0.15) is 18.9 Å². The Hall–Kier alpha value is -2.39. The van der Waals surface area contributed by atoms with Gasteiger partial charge in [0.25, 0.3) is 0 Å². The molecule has 0 radical (unpaired) electrons. The van der Waals surface area contributed by atoms with Gasteiger partial charge in [-0.05, 0) is 24.1 Å². The molecule has 31 heavy (non-hydrogen) atoms. The van der Waals surface area contributed by atoms with E-state index in [0.717, 1.165) is 0 Å². The maximum Gasteiger partial charge on any atom is 0.229 e. The summed E-state index contributed by atoms with van der Waals surface area (Å²) in [6.07, 6.45) is -1.46. The van der Waals surface area contributed by atoms with E-state index in [-0.39, 0.29) is 36.4 Å². The quantitative estimate of drug-likeness (QED) is 0.702. The summed E-state index contributed by atoms with van der Waals surface area (Å²) < 4.78 is 69.7. The van der Waals surface area contributed by atoms with Crippen LogP contribution in [0.25, 0.3) is 11.1 Å². The van der Waals surface area contributed by atoms with Gasteiger partial charge in [0.05, 0.1) is 24.3 Å². The molecule has 9 heteroatoms. The van der Waals surface area contributed by atoms with Gasteiger partial charge in [-0.15, -0.1) is 0 Å². The van der Waals surface area contributed by atoms with Crippen LogP contribution in [0, 0.1) is 11.7 Å². The van der Waals surface area contributed by atoms with Crippen molar-refractivity contribution in [2.75, 3.05) is 18.8 Å². The number of alkyl halides is 2. The Morgan fingerprint density at radius 2 is 1.81 bits per heavy atom. The van der Waals surface area contributed by atoms with E-state index in [4.69, 9.17) is 0 Å². The third kappa shape index (κ3) is 3.96. The van der Waals surface area contributed by atoms with Gasteiger partial charge < -0.3 is 4.90 Å². The number of nitrogens with one attached hydrogen (secondary N) is 1. The second-order valence-corrected chi connectivity index (χ2v) is 10.1. The molecule has 166 valence electrons. The Morgan fingerprint density at radius 3 is 2.45 bits per heavy atom. The van der Waals surface area contributed by atoms with Gasteiger partial charge in [-0.1, -0.05) is 42.5 Å². The van der Waals surface area contributed by atoms with Crippen molar-refractivity contribution in [3.8, 4) is 11.1 Å². The molecule has 1 aliphatic heterocycles. The number of likely N-dealkylation sites (tertiary alicyclic amines) is 1. The van der Waals surface area contributed by atoms with Gasteiger partial charge >= 0.3 is 0 Å². The van der Waals surface area contributed by atoms with Crippen LogP contribution in [0.2, 0.25) is 0 Å². The average Bonchev–Trinajstić information content (AvgIpc) is 3.44.